The number of nitrogens with one attached hydrogen (secondary N) is 1. The number of carboxylic acids is 1. The molecular formula is C32H27N3O4. The molecule has 6 rings (SSSR count). The molecule has 0 radical (unpaired) electrons. The molecule has 5 aromatic rings. The molecular weight excluding hydrogens is 490 g/mol. The van der Waals surface area contributed by atoms with Crippen LogP contribution in [0.15, 0.2) is 103 Å². The second-order valence-electron chi connectivity index (χ2n) is 9.65. The van der Waals surface area contributed by atoms with Crippen LogP contribution >= 0.6 is 0 Å². The number of aliphatic carboxylic acids is 1. The lowest BCUT2D eigenvalue weighted by atomic mass is 9.98. The molecule has 1 aromatic heterocycles. The van der Waals surface area contributed by atoms with Crippen molar-refractivity contribution in [1.29, 1.82) is 0 Å². The number of hydrogen-bond donors (Lipinski definition) is 2. The molecule has 1 heterocycles. The molecule has 7 heteroatoms. The van der Waals surface area contributed by atoms with E-state index in [1.54, 1.807) is 0 Å². The van der Waals surface area contributed by atoms with E-state index in [1.165, 1.54) is 0 Å². The number of alkyl carbamates (subject to hydrolysis) is 1. The Morgan fingerprint density at radius 2 is 1.46 bits per heavy atom. The van der Waals surface area contributed by atoms with Gasteiger partial charge in [0.15, 0.2) is 0 Å². The van der Waals surface area contributed by atoms with Gasteiger partial charge in [-0.05, 0) is 39.9 Å². The maximum Gasteiger partial charge on any atom is 0.407 e. The summed E-state index contributed by atoms with van der Waals surface area (Å²) in [5, 5.41) is 12.5. The Morgan fingerprint density at radius 3 is 2.15 bits per heavy atom. The molecule has 0 aliphatic heterocycles. The highest BCUT2D eigenvalue weighted by Crippen LogP contribution is 2.44. The number of amides is 1. The maximum absolute atomic E-state index is 12.9. The van der Waals surface area contributed by atoms with Gasteiger partial charge in [0.05, 0.1) is 11.0 Å². The lowest BCUT2D eigenvalue weighted by Gasteiger charge is -2.18. The zero-order valence-corrected chi connectivity index (χ0v) is 21.2. The number of ether oxygens (including phenoxy) is 1. The highest BCUT2D eigenvalue weighted by molar-refractivity contribution is 5.82. The van der Waals surface area contributed by atoms with Crippen LogP contribution < -0.4 is 5.32 Å². The summed E-state index contributed by atoms with van der Waals surface area (Å²) in [6, 6.07) is 32.5. The van der Waals surface area contributed by atoms with Crippen molar-refractivity contribution in [3.63, 3.8) is 0 Å². The van der Waals surface area contributed by atoms with Crippen LogP contribution in [0.4, 0.5) is 4.79 Å². The first-order chi connectivity index (χ1) is 19.1. The van der Waals surface area contributed by atoms with Gasteiger partial charge in [-0.3, -0.25) is 0 Å². The third-order valence-corrected chi connectivity index (χ3v) is 7.24. The van der Waals surface area contributed by atoms with Crippen LogP contribution in [0, 0.1) is 0 Å². The van der Waals surface area contributed by atoms with Crippen molar-refractivity contribution in [2.24, 2.45) is 0 Å². The largest absolute Gasteiger partial charge is 0.480 e. The molecule has 1 amide bonds. The summed E-state index contributed by atoms with van der Waals surface area (Å²) in [5.74, 6) is -0.685. The molecule has 194 valence electrons. The number of hydrogen-bond acceptors (Lipinski definition) is 4. The number of aromatic nitrogens is 2. The van der Waals surface area contributed by atoms with E-state index in [4.69, 9.17) is 9.72 Å². The van der Waals surface area contributed by atoms with Crippen LogP contribution in [0.5, 0.6) is 0 Å². The number of carboxylic acid groups (broad SMARTS) is 1. The number of nitrogens with zero attached hydrogens (tertiary/aromatic N) is 2. The summed E-state index contributed by atoms with van der Waals surface area (Å²) >= 11 is 0. The minimum atomic E-state index is -1.20. The van der Waals surface area contributed by atoms with Crippen molar-refractivity contribution in [3.8, 4) is 11.1 Å². The molecule has 0 bridgehead atoms. The monoisotopic (exact) mass is 517 g/mol. The number of carbonyl (C=O) groups is 2. The average molecular weight is 518 g/mol. The lowest BCUT2D eigenvalue weighted by Crippen LogP contribution is -2.43. The number of imidazole rings is 1. The molecule has 39 heavy (non-hydrogen) atoms. The second kappa shape index (κ2) is 10.5. The fourth-order valence-corrected chi connectivity index (χ4v) is 5.39. The van der Waals surface area contributed by atoms with Crippen molar-refractivity contribution in [3.05, 3.63) is 126 Å². The zero-order chi connectivity index (χ0) is 26.8. The topological polar surface area (TPSA) is 93.5 Å². The minimum Gasteiger partial charge on any atom is -0.480 e. The molecule has 7 nitrogen and oxygen atoms in total. The third kappa shape index (κ3) is 4.86. The molecule has 0 fully saturated rings. The number of benzene rings is 4. The summed E-state index contributed by atoms with van der Waals surface area (Å²) in [7, 11) is 0. The molecule has 1 atom stereocenters. The fourth-order valence-electron chi connectivity index (χ4n) is 5.39. The summed E-state index contributed by atoms with van der Waals surface area (Å²) in [5.41, 5.74) is 7.19. The Kier molecular flexibility index (Phi) is 6.55. The maximum atomic E-state index is 12.9. The van der Waals surface area contributed by atoms with Gasteiger partial charge in [-0.1, -0.05) is 91.0 Å². The molecule has 2 N–H and O–H groups in total. The van der Waals surface area contributed by atoms with Crippen molar-refractivity contribution in [2.75, 3.05) is 6.61 Å². The Hall–Kier alpha value is -4.91. The van der Waals surface area contributed by atoms with Crippen LogP contribution in [0.25, 0.3) is 22.2 Å². The molecule has 1 aliphatic rings. The highest BCUT2D eigenvalue weighted by Gasteiger charge is 2.30. The Bertz CT molecular complexity index is 1620. The van der Waals surface area contributed by atoms with Gasteiger partial charge in [-0.15, -0.1) is 0 Å². The Balaban J connectivity index is 1.19. The number of carbonyl (C=O) groups excluding carboxylic acids is 1. The van der Waals surface area contributed by atoms with Crippen LogP contribution in [0.3, 0.4) is 0 Å². The van der Waals surface area contributed by atoms with Gasteiger partial charge in [0, 0.05) is 18.9 Å². The predicted octanol–water partition coefficient (Wildman–Crippen LogP) is 5.62. The Labute approximate surface area is 225 Å². The van der Waals surface area contributed by atoms with Crippen molar-refractivity contribution in [1.82, 2.24) is 14.9 Å². The van der Waals surface area contributed by atoms with Gasteiger partial charge in [0.1, 0.15) is 18.5 Å². The van der Waals surface area contributed by atoms with Crippen molar-refractivity contribution >= 4 is 23.1 Å². The first-order valence-electron chi connectivity index (χ1n) is 12.9. The zero-order valence-electron chi connectivity index (χ0n) is 21.2. The van der Waals surface area contributed by atoms with Gasteiger partial charge >= 0.3 is 12.1 Å². The van der Waals surface area contributed by atoms with Crippen LogP contribution in [0.2, 0.25) is 0 Å². The summed E-state index contributed by atoms with van der Waals surface area (Å²) in [4.78, 5) is 29.8. The van der Waals surface area contributed by atoms with E-state index in [-0.39, 0.29) is 18.9 Å². The molecule has 4 aromatic carbocycles. The van der Waals surface area contributed by atoms with Gasteiger partial charge in [0.2, 0.25) is 0 Å². The summed E-state index contributed by atoms with van der Waals surface area (Å²) in [6.45, 7) is 0.646. The van der Waals surface area contributed by atoms with Crippen molar-refractivity contribution in [2.45, 2.75) is 24.9 Å². The Morgan fingerprint density at radius 1 is 0.846 bits per heavy atom. The fraction of sp³-hybridized carbons (Fsp3) is 0.156. The van der Waals surface area contributed by atoms with Crippen LogP contribution in [-0.4, -0.2) is 39.4 Å². The number of fused-ring (bicyclic) bond motifs is 4. The molecule has 1 unspecified atom stereocenters. The van der Waals surface area contributed by atoms with Gasteiger partial charge in [0.25, 0.3) is 0 Å². The van der Waals surface area contributed by atoms with E-state index in [9.17, 15) is 14.7 Å². The van der Waals surface area contributed by atoms with E-state index in [0.717, 1.165) is 38.9 Å². The van der Waals surface area contributed by atoms with E-state index >= 15 is 0 Å². The first kappa shape index (κ1) is 24.4. The van der Waals surface area contributed by atoms with Crippen LogP contribution in [0.1, 0.15) is 28.4 Å². The highest BCUT2D eigenvalue weighted by atomic mass is 16.5. The van der Waals surface area contributed by atoms with E-state index in [1.807, 2.05) is 95.6 Å². The second-order valence-corrected chi connectivity index (χ2v) is 9.65. The van der Waals surface area contributed by atoms with Gasteiger partial charge in [-0.2, -0.15) is 0 Å². The standard InChI is InChI=1S/C32H27N3O4/c36-31(37)28(18-30-33-27-16-8-9-17-29(27)35(30)19-21-10-2-1-3-11-21)34-32(38)39-20-26-24-14-6-4-12-22(24)23-13-5-7-15-25(23)26/h1-17,26,28H,18-20H2,(H,34,38)(H,36,37). The smallest absolute Gasteiger partial charge is 0.407 e. The molecule has 1 aliphatic carbocycles. The lowest BCUT2D eigenvalue weighted by molar-refractivity contribution is -0.139. The summed E-state index contributed by atoms with van der Waals surface area (Å²) in [6.07, 6.45) is -0.754. The number of rotatable bonds is 8. The number of para-hydroxylation sites is 2. The van der Waals surface area contributed by atoms with E-state index < -0.39 is 18.1 Å². The molecule has 0 saturated heterocycles. The first-order valence-corrected chi connectivity index (χ1v) is 12.9. The van der Waals surface area contributed by atoms with Crippen molar-refractivity contribution < 1.29 is 19.4 Å². The third-order valence-electron chi connectivity index (χ3n) is 7.24. The summed E-state index contributed by atoms with van der Waals surface area (Å²) < 4.78 is 7.60. The molecule has 0 spiro atoms. The SMILES string of the molecule is O=C(NC(Cc1nc2ccccc2n1Cc1ccccc1)C(=O)O)OCC1c2ccccc2-c2ccccc21. The molecule has 0 saturated carbocycles. The van der Waals surface area contributed by atoms with E-state index in [0.29, 0.717) is 12.4 Å². The van der Waals surface area contributed by atoms with Gasteiger partial charge < -0.3 is 19.7 Å². The minimum absolute atomic E-state index is 0.0149. The average Bonchev–Trinajstić information content (AvgIpc) is 3.47. The normalized spacial score (nSPS) is 13.0. The van der Waals surface area contributed by atoms with Crippen LogP contribution in [-0.2, 0) is 22.5 Å². The van der Waals surface area contributed by atoms with E-state index in [2.05, 4.69) is 17.4 Å². The predicted molar refractivity (Wildman–Crippen MR) is 149 cm³/mol. The van der Waals surface area contributed by atoms with Gasteiger partial charge in [-0.25, -0.2) is 14.6 Å². The quantitative estimate of drug-likeness (QED) is 0.279.